The zero-order valence-electron chi connectivity index (χ0n) is 20.3. The van der Waals surface area contributed by atoms with Crippen molar-refractivity contribution in [2.24, 2.45) is 0 Å². The van der Waals surface area contributed by atoms with Crippen molar-refractivity contribution in [2.45, 2.75) is 26.3 Å². The third-order valence-corrected chi connectivity index (χ3v) is 6.69. The fraction of sp³-hybridized carbons (Fsp3) is 0.276. The molecule has 1 aromatic heterocycles. The number of methoxy groups -OCH3 is 2. The van der Waals surface area contributed by atoms with E-state index in [0.29, 0.717) is 30.8 Å². The van der Waals surface area contributed by atoms with E-state index in [1.807, 2.05) is 67.6 Å². The Hall–Kier alpha value is -3.77. The van der Waals surface area contributed by atoms with Crippen molar-refractivity contribution >= 4 is 11.0 Å². The lowest BCUT2D eigenvalue weighted by Gasteiger charge is -2.29. The summed E-state index contributed by atoms with van der Waals surface area (Å²) in [6, 6.07) is 20.0. The van der Waals surface area contributed by atoms with Gasteiger partial charge in [-0.05, 0) is 54.3 Å². The minimum absolute atomic E-state index is 0.283. The SMILES string of the molecule is COc1ccc(CCN2COc3ccc4c(C)c(Cc5ccccc5)c(=O)oc4c3C2)cc1OC. The molecule has 2 heterocycles. The van der Waals surface area contributed by atoms with Gasteiger partial charge in [-0.2, -0.15) is 0 Å². The van der Waals surface area contributed by atoms with Crippen LogP contribution in [0.15, 0.2) is 69.9 Å². The Balaban J connectivity index is 1.39. The van der Waals surface area contributed by atoms with Gasteiger partial charge in [-0.25, -0.2) is 4.79 Å². The van der Waals surface area contributed by atoms with E-state index in [-0.39, 0.29) is 5.63 Å². The molecular formula is C29H29NO5. The Morgan fingerprint density at radius 2 is 1.74 bits per heavy atom. The fourth-order valence-electron chi connectivity index (χ4n) is 4.68. The highest BCUT2D eigenvalue weighted by molar-refractivity contribution is 5.86. The predicted molar refractivity (Wildman–Crippen MR) is 136 cm³/mol. The van der Waals surface area contributed by atoms with Crippen molar-refractivity contribution in [1.82, 2.24) is 4.90 Å². The molecule has 6 heteroatoms. The molecule has 0 amide bonds. The van der Waals surface area contributed by atoms with Gasteiger partial charge in [0.2, 0.25) is 0 Å². The lowest BCUT2D eigenvalue weighted by molar-refractivity contribution is 0.0967. The number of rotatable bonds is 7. The average molecular weight is 472 g/mol. The number of benzene rings is 3. The maximum atomic E-state index is 13.0. The molecule has 0 unspecified atom stereocenters. The van der Waals surface area contributed by atoms with E-state index < -0.39 is 0 Å². The Kier molecular flexibility index (Phi) is 6.47. The van der Waals surface area contributed by atoms with Gasteiger partial charge in [0.05, 0.1) is 19.8 Å². The van der Waals surface area contributed by atoms with Gasteiger partial charge in [0.15, 0.2) is 11.5 Å². The minimum atomic E-state index is -0.283. The summed E-state index contributed by atoms with van der Waals surface area (Å²) >= 11 is 0. The molecule has 1 aliphatic heterocycles. The number of fused-ring (bicyclic) bond motifs is 3. The van der Waals surface area contributed by atoms with Gasteiger partial charge in [0.25, 0.3) is 0 Å². The van der Waals surface area contributed by atoms with E-state index >= 15 is 0 Å². The summed E-state index contributed by atoms with van der Waals surface area (Å²) in [6.45, 7) is 3.94. The molecule has 0 N–H and O–H groups in total. The first-order chi connectivity index (χ1) is 17.1. The maximum absolute atomic E-state index is 13.0. The molecule has 3 aromatic carbocycles. The van der Waals surface area contributed by atoms with Gasteiger partial charge in [0, 0.05) is 30.5 Å². The van der Waals surface area contributed by atoms with Crippen molar-refractivity contribution < 1.29 is 18.6 Å². The van der Waals surface area contributed by atoms with Crippen LogP contribution in [0.25, 0.3) is 11.0 Å². The standard InChI is InChI=1S/C29H29NO5/c1-19-22-10-12-25-24(28(22)35-29(31)23(19)15-20-7-5-4-6-8-20)17-30(18-34-25)14-13-21-9-11-26(32-2)27(16-21)33-3/h4-12,16H,13-15,17-18H2,1-3H3. The smallest absolute Gasteiger partial charge is 0.340 e. The summed E-state index contributed by atoms with van der Waals surface area (Å²) in [4.78, 5) is 15.2. The number of nitrogens with zero attached hydrogens (tertiary/aromatic N) is 1. The summed E-state index contributed by atoms with van der Waals surface area (Å²) in [5.41, 5.74) is 5.17. The molecular weight excluding hydrogens is 442 g/mol. The predicted octanol–water partition coefficient (Wildman–Crippen LogP) is 5.10. The van der Waals surface area contributed by atoms with E-state index in [4.69, 9.17) is 18.6 Å². The summed E-state index contributed by atoms with van der Waals surface area (Å²) in [5, 5.41) is 0.958. The number of hydrogen-bond donors (Lipinski definition) is 0. The molecule has 0 bridgehead atoms. The molecule has 0 fully saturated rings. The summed E-state index contributed by atoms with van der Waals surface area (Å²) in [6.07, 6.45) is 1.38. The molecule has 0 radical (unpaired) electrons. The van der Waals surface area contributed by atoms with Crippen LogP contribution in [0.4, 0.5) is 0 Å². The maximum Gasteiger partial charge on any atom is 0.340 e. The highest BCUT2D eigenvalue weighted by Gasteiger charge is 2.23. The van der Waals surface area contributed by atoms with Gasteiger partial charge in [-0.1, -0.05) is 36.4 Å². The monoisotopic (exact) mass is 471 g/mol. The third-order valence-electron chi connectivity index (χ3n) is 6.69. The van der Waals surface area contributed by atoms with E-state index in [1.165, 1.54) is 0 Å². The van der Waals surface area contributed by atoms with Crippen LogP contribution in [-0.4, -0.2) is 32.4 Å². The molecule has 4 aromatic rings. The number of hydrogen-bond acceptors (Lipinski definition) is 6. The third kappa shape index (κ3) is 4.62. The largest absolute Gasteiger partial charge is 0.493 e. The quantitative estimate of drug-likeness (QED) is 0.349. The molecule has 0 saturated carbocycles. The van der Waals surface area contributed by atoms with E-state index in [9.17, 15) is 4.79 Å². The van der Waals surface area contributed by atoms with E-state index in [1.54, 1.807) is 14.2 Å². The summed E-state index contributed by atoms with van der Waals surface area (Å²) < 4.78 is 22.7. The van der Waals surface area contributed by atoms with Crippen LogP contribution < -0.4 is 19.8 Å². The van der Waals surface area contributed by atoms with Crippen molar-refractivity contribution in [3.05, 3.63) is 98.9 Å². The van der Waals surface area contributed by atoms with E-state index in [0.717, 1.165) is 57.9 Å². The van der Waals surface area contributed by atoms with Crippen LogP contribution in [0.1, 0.15) is 27.8 Å². The zero-order chi connectivity index (χ0) is 24.4. The highest BCUT2D eigenvalue weighted by atomic mass is 16.5. The molecule has 1 aliphatic rings. The Bertz CT molecular complexity index is 1410. The van der Waals surface area contributed by atoms with Crippen LogP contribution in [0.2, 0.25) is 0 Å². The Morgan fingerprint density at radius 1 is 0.943 bits per heavy atom. The first-order valence-corrected chi connectivity index (χ1v) is 11.8. The van der Waals surface area contributed by atoms with E-state index in [2.05, 4.69) is 4.90 Å². The second-order valence-electron chi connectivity index (χ2n) is 8.84. The Morgan fingerprint density at radius 3 is 2.51 bits per heavy atom. The lowest BCUT2D eigenvalue weighted by atomic mass is 9.97. The first-order valence-electron chi connectivity index (χ1n) is 11.8. The van der Waals surface area contributed by atoms with Crippen molar-refractivity contribution in [3.63, 3.8) is 0 Å². The molecule has 0 saturated heterocycles. The highest BCUT2D eigenvalue weighted by Crippen LogP contribution is 2.34. The number of aryl methyl sites for hydroxylation is 1. The van der Waals surface area contributed by atoms with Crippen molar-refractivity contribution in [2.75, 3.05) is 27.5 Å². The Labute approximate surface area is 204 Å². The molecule has 0 spiro atoms. The van der Waals surface area contributed by atoms with Crippen LogP contribution in [-0.2, 0) is 19.4 Å². The second-order valence-corrected chi connectivity index (χ2v) is 8.84. The first kappa shape index (κ1) is 23.0. The van der Waals surface area contributed by atoms with Crippen molar-refractivity contribution in [1.29, 1.82) is 0 Å². The zero-order valence-corrected chi connectivity index (χ0v) is 20.3. The van der Waals surface area contributed by atoms with Crippen LogP contribution in [0.3, 0.4) is 0 Å². The second kappa shape index (κ2) is 9.84. The molecule has 180 valence electrons. The van der Waals surface area contributed by atoms with Crippen LogP contribution >= 0.6 is 0 Å². The average Bonchev–Trinajstić information content (AvgIpc) is 2.90. The molecule has 35 heavy (non-hydrogen) atoms. The van der Waals surface area contributed by atoms with Crippen LogP contribution in [0, 0.1) is 6.92 Å². The topological polar surface area (TPSA) is 61.1 Å². The fourth-order valence-corrected chi connectivity index (χ4v) is 4.68. The molecule has 0 aliphatic carbocycles. The lowest BCUT2D eigenvalue weighted by Crippen LogP contribution is -2.33. The van der Waals surface area contributed by atoms with Gasteiger partial charge < -0.3 is 18.6 Å². The number of ether oxygens (including phenoxy) is 3. The van der Waals surface area contributed by atoms with Crippen LogP contribution in [0.5, 0.6) is 17.2 Å². The van der Waals surface area contributed by atoms with Gasteiger partial charge in [-0.15, -0.1) is 0 Å². The summed E-state index contributed by atoms with van der Waals surface area (Å²) in [5.74, 6) is 2.22. The minimum Gasteiger partial charge on any atom is -0.493 e. The molecule has 5 rings (SSSR count). The van der Waals surface area contributed by atoms with Gasteiger partial charge in [0.1, 0.15) is 18.1 Å². The van der Waals surface area contributed by atoms with Gasteiger partial charge in [-0.3, -0.25) is 4.90 Å². The van der Waals surface area contributed by atoms with Crippen molar-refractivity contribution in [3.8, 4) is 17.2 Å². The molecule has 0 atom stereocenters. The summed E-state index contributed by atoms with van der Waals surface area (Å²) in [7, 11) is 3.28. The van der Waals surface area contributed by atoms with Gasteiger partial charge >= 0.3 is 5.63 Å². The normalized spacial score (nSPS) is 13.3. The molecule has 6 nitrogen and oxygen atoms in total.